The van der Waals surface area contributed by atoms with E-state index in [4.69, 9.17) is 14.2 Å². The molecule has 1 saturated heterocycles. The summed E-state index contributed by atoms with van der Waals surface area (Å²) in [6.07, 6.45) is 2.58. The number of benzene rings is 2. The molecule has 13 heteroatoms. The molecule has 0 bridgehead atoms. The number of aryl methyl sites for hydroxylation is 2. The van der Waals surface area contributed by atoms with Crippen LogP contribution in [0.3, 0.4) is 0 Å². The summed E-state index contributed by atoms with van der Waals surface area (Å²) < 4.78 is 46.9. The van der Waals surface area contributed by atoms with Gasteiger partial charge in [-0.25, -0.2) is 22.9 Å². The smallest absolute Gasteiger partial charge is 0.335 e. The second kappa shape index (κ2) is 14.2. The van der Waals surface area contributed by atoms with Gasteiger partial charge in [0.25, 0.3) is 10.0 Å². The van der Waals surface area contributed by atoms with E-state index in [9.17, 15) is 18.3 Å². The van der Waals surface area contributed by atoms with Crippen LogP contribution in [0.15, 0.2) is 53.4 Å². The summed E-state index contributed by atoms with van der Waals surface area (Å²) in [6.45, 7) is 12.9. The molecule has 250 valence electrons. The summed E-state index contributed by atoms with van der Waals surface area (Å²) >= 11 is 0. The molecule has 2 heterocycles. The highest BCUT2D eigenvalue weighted by atomic mass is 35.5. The summed E-state index contributed by atoms with van der Waals surface area (Å²) in [5.74, 6) is -1.14. The predicted octanol–water partition coefficient (Wildman–Crippen LogP) is 5.61. The Morgan fingerprint density at radius 3 is 2.35 bits per heavy atom. The first kappa shape index (κ1) is 35.6. The summed E-state index contributed by atoms with van der Waals surface area (Å²) in [4.78, 5) is 20.2. The fraction of sp³-hybridized carbons (Fsp3) is 0.485. The van der Waals surface area contributed by atoms with Gasteiger partial charge in [0.05, 0.1) is 29.4 Å². The fourth-order valence-corrected chi connectivity index (χ4v) is 7.00. The molecule has 11 nitrogen and oxygen atoms in total. The molecule has 5 rings (SSSR count). The Morgan fingerprint density at radius 1 is 1.07 bits per heavy atom. The molecule has 0 amide bonds. The van der Waals surface area contributed by atoms with Crippen molar-refractivity contribution in [2.24, 2.45) is 11.3 Å². The second-order valence-electron chi connectivity index (χ2n) is 13.2. The van der Waals surface area contributed by atoms with Crippen LogP contribution in [0.2, 0.25) is 0 Å². The Bertz CT molecular complexity index is 1630. The van der Waals surface area contributed by atoms with Crippen LogP contribution < -0.4 is 14.8 Å². The molecule has 0 radical (unpaired) electrons. The number of carbonyl (C=O) groups is 1. The van der Waals surface area contributed by atoms with Crippen LogP contribution in [0.25, 0.3) is 11.3 Å². The lowest BCUT2D eigenvalue weighted by Gasteiger charge is -2.43. The Morgan fingerprint density at radius 2 is 1.72 bits per heavy atom. The summed E-state index contributed by atoms with van der Waals surface area (Å²) in [5, 5.41) is 13.0. The van der Waals surface area contributed by atoms with Gasteiger partial charge in [0.2, 0.25) is 11.8 Å². The first-order chi connectivity index (χ1) is 21.2. The average Bonchev–Trinajstić information content (AvgIpc) is 3.43. The number of aromatic carboxylic acids is 1. The molecule has 1 aromatic heterocycles. The molecule has 2 fully saturated rings. The zero-order valence-electron chi connectivity index (χ0n) is 26.8. The number of nitrogens with one attached hydrogen (secondary N) is 2. The lowest BCUT2D eigenvalue weighted by atomic mass is 9.78. The fourth-order valence-electron chi connectivity index (χ4n) is 6.01. The largest absolute Gasteiger partial charge is 0.478 e. The van der Waals surface area contributed by atoms with E-state index in [-0.39, 0.29) is 46.2 Å². The molecule has 1 spiro atoms. The number of halogens is 1. The average molecular weight is 675 g/mol. The van der Waals surface area contributed by atoms with E-state index in [0.29, 0.717) is 31.4 Å². The van der Waals surface area contributed by atoms with E-state index < -0.39 is 21.8 Å². The summed E-state index contributed by atoms with van der Waals surface area (Å²) in [6, 6.07) is 12.7. The van der Waals surface area contributed by atoms with Gasteiger partial charge in [-0.2, -0.15) is 4.98 Å². The quantitative estimate of drug-likeness (QED) is 0.221. The van der Waals surface area contributed by atoms with Gasteiger partial charge < -0.3 is 24.6 Å². The number of carboxylic acids is 1. The van der Waals surface area contributed by atoms with Crippen molar-refractivity contribution in [3.05, 3.63) is 65.2 Å². The first-order valence-electron chi connectivity index (χ1n) is 15.2. The Labute approximate surface area is 276 Å². The van der Waals surface area contributed by atoms with Crippen LogP contribution in [-0.4, -0.2) is 67.7 Å². The number of hydrogen-bond acceptors (Lipinski definition) is 9. The van der Waals surface area contributed by atoms with Gasteiger partial charge in [-0.1, -0.05) is 45.0 Å². The SMILES string of the molecule is Cc1cccc(C)c1-c1cc(OC[C@@H](CC(C)(C)C)NCC2CC3(C2)OCCO3)nc(NS(=O)(=O)c2cccc(C(=O)O)c2)n1.Cl. The lowest BCUT2D eigenvalue weighted by Crippen LogP contribution is -2.50. The van der Waals surface area contributed by atoms with Gasteiger partial charge in [-0.15, -0.1) is 12.4 Å². The third-order valence-electron chi connectivity index (χ3n) is 8.06. The number of ether oxygens (including phenoxy) is 3. The van der Waals surface area contributed by atoms with Crippen molar-refractivity contribution < 1.29 is 32.5 Å². The van der Waals surface area contributed by atoms with E-state index in [2.05, 4.69) is 40.8 Å². The monoisotopic (exact) mass is 674 g/mol. The number of carboxylic acid groups (broad SMARTS) is 1. The number of sulfonamides is 1. The molecule has 3 aromatic rings. The Kier molecular flexibility index (Phi) is 11.0. The van der Waals surface area contributed by atoms with Crippen LogP contribution >= 0.6 is 12.4 Å². The molecule has 0 unspecified atom stereocenters. The van der Waals surface area contributed by atoms with Crippen molar-refractivity contribution in [3.63, 3.8) is 0 Å². The van der Waals surface area contributed by atoms with Gasteiger partial charge in [0.15, 0.2) is 5.79 Å². The molecular weight excluding hydrogens is 632 g/mol. The van der Waals surface area contributed by atoms with Gasteiger partial charge in [-0.05, 0) is 67.5 Å². The second-order valence-corrected chi connectivity index (χ2v) is 14.9. The molecule has 2 aromatic carbocycles. The zero-order valence-corrected chi connectivity index (χ0v) is 28.5. The van der Waals surface area contributed by atoms with Crippen LogP contribution in [0.4, 0.5) is 5.95 Å². The number of nitrogens with zero attached hydrogens (tertiary/aromatic N) is 2. The summed E-state index contributed by atoms with van der Waals surface area (Å²) in [7, 11) is -4.21. The van der Waals surface area contributed by atoms with Crippen LogP contribution in [-0.2, 0) is 19.5 Å². The van der Waals surface area contributed by atoms with Crippen molar-refractivity contribution in [1.29, 1.82) is 0 Å². The van der Waals surface area contributed by atoms with E-state index in [1.54, 1.807) is 6.07 Å². The highest BCUT2D eigenvalue weighted by Crippen LogP contribution is 2.44. The lowest BCUT2D eigenvalue weighted by molar-refractivity contribution is -0.229. The van der Waals surface area contributed by atoms with E-state index in [0.717, 1.165) is 48.6 Å². The first-order valence-corrected chi connectivity index (χ1v) is 16.7. The van der Waals surface area contributed by atoms with Crippen molar-refractivity contribution in [3.8, 4) is 17.1 Å². The zero-order chi connectivity index (χ0) is 32.4. The number of aromatic nitrogens is 2. The third kappa shape index (κ3) is 8.74. The highest BCUT2D eigenvalue weighted by molar-refractivity contribution is 7.92. The van der Waals surface area contributed by atoms with E-state index in [1.807, 2.05) is 32.0 Å². The molecule has 3 N–H and O–H groups in total. The number of rotatable bonds is 12. The van der Waals surface area contributed by atoms with Crippen molar-refractivity contribution in [2.75, 3.05) is 31.1 Å². The standard InChI is InChI=1S/C33H42N4O7S.ClH/c1-21-8-6-9-22(2)29(21)27-15-28(36-31(35-27)37-45(40,41)26-11-7-10-24(14-26)30(38)39)42-20-25(18-32(3,4)5)34-19-23-16-33(17-23)43-12-13-44-33;/h6-11,14-15,23,25,34H,12-13,16-20H2,1-5H3,(H,38,39)(H,35,36,37);1H/t25-;/m1./s1. The molecule has 1 atom stereocenters. The number of hydrogen-bond donors (Lipinski definition) is 3. The maximum atomic E-state index is 13.3. The molecule has 46 heavy (non-hydrogen) atoms. The van der Waals surface area contributed by atoms with Crippen molar-refractivity contribution >= 4 is 34.3 Å². The molecule has 1 aliphatic carbocycles. The summed E-state index contributed by atoms with van der Waals surface area (Å²) in [5.41, 5.74) is 3.15. The van der Waals surface area contributed by atoms with Crippen molar-refractivity contribution in [2.45, 2.75) is 70.6 Å². The van der Waals surface area contributed by atoms with E-state index >= 15 is 0 Å². The number of anilines is 1. The maximum absolute atomic E-state index is 13.3. The van der Waals surface area contributed by atoms with Crippen LogP contribution in [0.5, 0.6) is 5.88 Å². The predicted molar refractivity (Wildman–Crippen MR) is 177 cm³/mol. The normalized spacial score (nSPS) is 16.8. The van der Waals surface area contributed by atoms with Gasteiger partial charge in [0, 0.05) is 30.5 Å². The van der Waals surface area contributed by atoms with Crippen LogP contribution in [0, 0.1) is 25.2 Å². The topological polar surface area (TPSA) is 149 Å². The van der Waals surface area contributed by atoms with Gasteiger partial charge in [-0.3, -0.25) is 0 Å². The highest BCUT2D eigenvalue weighted by Gasteiger charge is 2.48. The maximum Gasteiger partial charge on any atom is 0.335 e. The minimum atomic E-state index is -4.21. The molecule has 1 aliphatic heterocycles. The molecule has 1 saturated carbocycles. The Balaban J connectivity index is 0.00000480. The Hall–Kier alpha value is -3.29. The van der Waals surface area contributed by atoms with Gasteiger partial charge >= 0.3 is 5.97 Å². The minimum absolute atomic E-state index is 0. The molecular formula is C33H43ClN4O7S. The van der Waals surface area contributed by atoms with Gasteiger partial charge in [0.1, 0.15) is 6.61 Å². The van der Waals surface area contributed by atoms with Crippen molar-refractivity contribution in [1.82, 2.24) is 15.3 Å². The van der Waals surface area contributed by atoms with Crippen LogP contribution in [0.1, 0.15) is 61.5 Å². The minimum Gasteiger partial charge on any atom is -0.478 e. The molecule has 2 aliphatic rings. The third-order valence-corrected chi connectivity index (χ3v) is 9.38. The van der Waals surface area contributed by atoms with E-state index in [1.165, 1.54) is 18.2 Å².